The number of halogens is 2. The van der Waals surface area contributed by atoms with E-state index in [1.165, 1.54) is 16.0 Å². The molecule has 1 aromatic carbocycles. The van der Waals surface area contributed by atoms with Gasteiger partial charge in [-0.15, -0.1) is 21.5 Å². The molecular formula is C25H22Cl2N6OS. The summed E-state index contributed by atoms with van der Waals surface area (Å²) in [7, 11) is 0. The van der Waals surface area contributed by atoms with Gasteiger partial charge in [-0.2, -0.15) is 0 Å². The molecule has 0 saturated carbocycles. The third-order valence-electron chi connectivity index (χ3n) is 6.66. The molecule has 3 aromatic heterocycles. The number of benzene rings is 1. The van der Waals surface area contributed by atoms with Gasteiger partial charge in [0.2, 0.25) is 5.91 Å². The zero-order chi connectivity index (χ0) is 24.1. The largest absolute Gasteiger partial charge is 0.350 e. The number of amides is 1. The van der Waals surface area contributed by atoms with Gasteiger partial charge in [-0.25, -0.2) is 0 Å². The van der Waals surface area contributed by atoms with Crippen molar-refractivity contribution in [3.05, 3.63) is 91.6 Å². The molecule has 178 valence electrons. The zero-order valence-electron chi connectivity index (χ0n) is 18.9. The molecule has 0 saturated heterocycles. The summed E-state index contributed by atoms with van der Waals surface area (Å²) in [5, 5.41) is 17.8. The smallest absolute Gasteiger partial charge is 0.224 e. The molecule has 10 heteroatoms. The predicted octanol–water partition coefficient (Wildman–Crippen LogP) is 4.56. The molecule has 1 amide bonds. The van der Waals surface area contributed by atoms with Gasteiger partial charge >= 0.3 is 0 Å². The average Bonchev–Trinajstić information content (AvgIpc) is 3.49. The molecule has 35 heavy (non-hydrogen) atoms. The molecule has 0 spiro atoms. The Morgan fingerprint density at radius 1 is 1.20 bits per heavy atom. The maximum Gasteiger partial charge on any atom is 0.224 e. The normalized spacial score (nSPS) is 18.5. The van der Waals surface area contributed by atoms with Gasteiger partial charge in [-0.3, -0.25) is 19.7 Å². The van der Waals surface area contributed by atoms with E-state index >= 15 is 0 Å². The van der Waals surface area contributed by atoms with Crippen molar-refractivity contribution < 1.29 is 4.79 Å². The lowest BCUT2D eigenvalue weighted by Crippen LogP contribution is -2.31. The van der Waals surface area contributed by atoms with E-state index in [0.717, 1.165) is 27.9 Å². The Hall–Kier alpha value is -2.78. The number of hydrogen-bond acceptors (Lipinski definition) is 6. The van der Waals surface area contributed by atoms with Crippen LogP contribution in [0.4, 0.5) is 0 Å². The minimum absolute atomic E-state index is 0.0379. The highest BCUT2D eigenvalue weighted by Gasteiger charge is 2.38. The van der Waals surface area contributed by atoms with E-state index in [1.807, 2.05) is 31.2 Å². The molecule has 4 heterocycles. The van der Waals surface area contributed by atoms with Crippen LogP contribution in [0, 0.1) is 12.8 Å². The van der Waals surface area contributed by atoms with E-state index in [4.69, 9.17) is 23.2 Å². The number of nitrogens with one attached hydrogen (secondary N) is 2. The summed E-state index contributed by atoms with van der Waals surface area (Å²) in [6, 6.07) is 11.4. The van der Waals surface area contributed by atoms with Crippen molar-refractivity contribution in [2.24, 2.45) is 5.92 Å². The van der Waals surface area contributed by atoms with Gasteiger partial charge in [0.05, 0.1) is 29.8 Å². The summed E-state index contributed by atoms with van der Waals surface area (Å²) < 4.78 is 2.14. The number of hydrogen-bond donors (Lipinski definition) is 2. The number of thiophene rings is 1. The van der Waals surface area contributed by atoms with Crippen LogP contribution in [0.5, 0.6) is 0 Å². The van der Waals surface area contributed by atoms with E-state index in [1.54, 1.807) is 23.6 Å². The Morgan fingerprint density at radius 2 is 2.06 bits per heavy atom. The second kappa shape index (κ2) is 9.02. The molecule has 4 aromatic rings. The van der Waals surface area contributed by atoms with Gasteiger partial charge in [-0.1, -0.05) is 41.4 Å². The number of aromatic nitrogens is 4. The lowest BCUT2D eigenvalue weighted by atomic mass is 9.95. The van der Waals surface area contributed by atoms with Gasteiger partial charge in [0.25, 0.3) is 0 Å². The quantitative estimate of drug-likeness (QED) is 0.408. The Kier molecular flexibility index (Phi) is 5.84. The Labute approximate surface area is 216 Å². The summed E-state index contributed by atoms with van der Waals surface area (Å²) in [6.07, 6.45) is 2.98. The second-order valence-electron chi connectivity index (χ2n) is 8.85. The minimum Gasteiger partial charge on any atom is -0.350 e. The van der Waals surface area contributed by atoms with Crippen molar-refractivity contribution >= 4 is 40.4 Å². The topological polar surface area (TPSA) is 84.7 Å². The van der Waals surface area contributed by atoms with E-state index in [9.17, 15) is 4.79 Å². The molecule has 6 rings (SSSR count). The Bertz CT molecular complexity index is 1430. The standard InChI is InChI=1S/C25H22Cl2N6OS/c1-13-31-32-21-12-29-23(17-4-2-3-5-19(17)27)22-18-8-14(9-20(18)35-25(22)33(13)21)24(34)30-11-16-7-6-15(26)10-28-16/h2-7,10,14,23,29H,8-9,11-12H2,1H3,(H,30,34)/t14-,23-/m0/s1. The van der Waals surface area contributed by atoms with Crippen LogP contribution >= 0.6 is 34.5 Å². The highest BCUT2D eigenvalue weighted by atomic mass is 35.5. The SMILES string of the molecule is Cc1nnc2n1-c1sc3c(c1[C@H](c1ccccc1Cl)NC2)C[C@H](C(=O)NCc1ccc(Cl)cn1)C3. The fourth-order valence-corrected chi connectivity index (χ4v) is 6.85. The molecule has 7 nitrogen and oxygen atoms in total. The third-order valence-corrected chi connectivity index (χ3v) is 8.48. The number of aryl methyl sites for hydroxylation is 1. The van der Waals surface area contributed by atoms with Crippen LogP contribution in [0.1, 0.15) is 45.0 Å². The van der Waals surface area contributed by atoms with Crippen LogP contribution in [-0.2, 0) is 30.7 Å². The first-order valence-corrected chi connectivity index (χ1v) is 13.0. The molecule has 1 aliphatic carbocycles. The fraction of sp³-hybridized carbons (Fsp3) is 0.280. The number of carbonyl (C=O) groups is 1. The van der Waals surface area contributed by atoms with Crippen LogP contribution in [0.15, 0.2) is 42.6 Å². The molecule has 0 unspecified atom stereocenters. The molecule has 0 fully saturated rings. The maximum absolute atomic E-state index is 13.1. The van der Waals surface area contributed by atoms with Crippen LogP contribution in [0.3, 0.4) is 0 Å². The summed E-state index contributed by atoms with van der Waals surface area (Å²) in [6.45, 7) is 2.93. The minimum atomic E-state index is -0.120. The Balaban J connectivity index is 1.33. The summed E-state index contributed by atoms with van der Waals surface area (Å²) in [5.41, 5.74) is 4.21. The van der Waals surface area contributed by atoms with E-state index < -0.39 is 0 Å². The third kappa shape index (κ3) is 4.04. The van der Waals surface area contributed by atoms with E-state index in [-0.39, 0.29) is 17.9 Å². The van der Waals surface area contributed by atoms with Crippen molar-refractivity contribution in [2.75, 3.05) is 0 Å². The zero-order valence-corrected chi connectivity index (χ0v) is 21.2. The first-order valence-electron chi connectivity index (χ1n) is 11.4. The lowest BCUT2D eigenvalue weighted by Gasteiger charge is -2.20. The van der Waals surface area contributed by atoms with Gasteiger partial charge in [0, 0.05) is 27.6 Å². The number of carbonyl (C=O) groups excluding carboxylic acids is 1. The van der Waals surface area contributed by atoms with Crippen LogP contribution < -0.4 is 10.6 Å². The van der Waals surface area contributed by atoms with Crippen LogP contribution in [0.25, 0.3) is 5.00 Å². The van der Waals surface area contributed by atoms with Crippen molar-refractivity contribution in [2.45, 2.75) is 38.9 Å². The Morgan fingerprint density at radius 3 is 2.86 bits per heavy atom. The summed E-state index contributed by atoms with van der Waals surface area (Å²) in [5.74, 6) is 1.65. The monoisotopic (exact) mass is 524 g/mol. The van der Waals surface area contributed by atoms with E-state index in [0.29, 0.717) is 36.0 Å². The van der Waals surface area contributed by atoms with Crippen LogP contribution in [-0.4, -0.2) is 25.7 Å². The molecular weight excluding hydrogens is 503 g/mol. The highest BCUT2D eigenvalue weighted by Crippen LogP contribution is 2.46. The fourth-order valence-electron chi connectivity index (χ4n) is 4.98. The molecule has 2 N–H and O–H groups in total. The summed E-state index contributed by atoms with van der Waals surface area (Å²) >= 11 is 14.3. The van der Waals surface area contributed by atoms with Gasteiger partial charge < -0.3 is 5.32 Å². The average molecular weight is 525 g/mol. The number of nitrogens with zero attached hydrogens (tertiary/aromatic N) is 4. The molecule has 2 aliphatic rings. The lowest BCUT2D eigenvalue weighted by molar-refractivity contribution is -0.124. The number of fused-ring (bicyclic) bond motifs is 5. The molecule has 0 bridgehead atoms. The molecule has 2 atom stereocenters. The highest BCUT2D eigenvalue weighted by molar-refractivity contribution is 7.15. The van der Waals surface area contributed by atoms with Crippen molar-refractivity contribution in [3.8, 4) is 5.00 Å². The first kappa shape index (κ1) is 22.7. The van der Waals surface area contributed by atoms with Gasteiger partial charge in [-0.05, 0) is 49.1 Å². The van der Waals surface area contributed by atoms with Crippen LogP contribution in [0.2, 0.25) is 10.0 Å². The van der Waals surface area contributed by atoms with Gasteiger partial charge in [0.1, 0.15) is 10.8 Å². The molecule has 1 aliphatic heterocycles. The number of pyridine rings is 1. The second-order valence-corrected chi connectivity index (χ2v) is 10.8. The van der Waals surface area contributed by atoms with Crippen molar-refractivity contribution in [3.63, 3.8) is 0 Å². The summed E-state index contributed by atoms with van der Waals surface area (Å²) in [4.78, 5) is 18.6. The maximum atomic E-state index is 13.1. The van der Waals surface area contributed by atoms with Crippen molar-refractivity contribution in [1.82, 2.24) is 30.4 Å². The number of rotatable bonds is 4. The first-order chi connectivity index (χ1) is 17.0. The molecule has 0 radical (unpaired) electrons. The van der Waals surface area contributed by atoms with E-state index in [2.05, 4.69) is 36.4 Å². The van der Waals surface area contributed by atoms with Gasteiger partial charge in [0.15, 0.2) is 5.82 Å². The predicted molar refractivity (Wildman–Crippen MR) is 136 cm³/mol. The van der Waals surface area contributed by atoms with Crippen molar-refractivity contribution in [1.29, 1.82) is 0 Å².